The number of aromatic nitrogens is 3. The average molecular weight is 432 g/mol. The number of methoxy groups -OCH3 is 2. The molecule has 1 saturated heterocycles. The SMILES string of the molecule is COc1ccc(CN2CC(c3noc(Cc4c[nH]c5ccccc45)n3)CC2=O)c(OC)c1. The lowest BCUT2D eigenvalue weighted by atomic mass is 10.1. The molecule has 1 unspecified atom stereocenters. The molecule has 0 spiro atoms. The number of fused-ring (bicyclic) bond motifs is 1. The molecule has 0 bridgehead atoms. The Morgan fingerprint density at radius 3 is 2.88 bits per heavy atom. The van der Waals surface area contributed by atoms with Crippen molar-refractivity contribution in [3.8, 4) is 11.5 Å². The molecule has 0 aliphatic carbocycles. The maximum Gasteiger partial charge on any atom is 0.231 e. The second-order valence-corrected chi connectivity index (χ2v) is 7.94. The van der Waals surface area contributed by atoms with E-state index in [9.17, 15) is 4.79 Å². The molecule has 8 nitrogen and oxygen atoms in total. The molecule has 3 heterocycles. The fourth-order valence-electron chi connectivity index (χ4n) is 4.23. The van der Waals surface area contributed by atoms with Crippen LogP contribution in [0.3, 0.4) is 0 Å². The molecule has 1 amide bonds. The van der Waals surface area contributed by atoms with E-state index < -0.39 is 0 Å². The third kappa shape index (κ3) is 3.79. The fraction of sp³-hybridized carbons (Fsp3) is 0.292. The van der Waals surface area contributed by atoms with Crippen LogP contribution in [0.25, 0.3) is 10.9 Å². The fourth-order valence-corrected chi connectivity index (χ4v) is 4.23. The zero-order valence-electron chi connectivity index (χ0n) is 18.0. The summed E-state index contributed by atoms with van der Waals surface area (Å²) < 4.78 is 16.2. The molecule has 32 heavy (non-hydrogen) atoms. The van der Waals surface area contributed by atoms with Crippen LogP contribution in [0.5, 0.6) is 11.5 Å². The third-order valence-corrected chi connectivity index (χ3v) is 5.94. The number of benzene rings is 2. The van der Waals surface area contributed by atoms with Crippen molar-refractivity contribution in [2.75, 3.05) is 20.8 Å². The first-order valence-corrected chi connectivity index (χ1v) is 10.5. The van der Waals surface area contributed by atoms with Crippen LogP contribution in [0.4, 0.5) is 0 Å². The van der Waals surface area contributed by atoms with E-state index in [0.29, 0.717) is 49.1 Å². The Kier molecular flexibility index (Phi) is 5.26. The number of aromatic amines is 1. The Hall–Kier alpha value is -3.81. The summed E-state index contributed by atoms with van der Waals surface area (Å²) in [5.41, 5.74) is 3.11. The highest BCUT2D eigenvalue weighted by molar-refractivity contribution is 5.83. The predicted octanol–water partition coefficient (Wildman–Crippen LogP) is 3.68. The Morgan fingerprint density at radius 1 is 1.16 bits per heavy atom. The van der Waals surface area contributed by atoms with Gasteiger partial charge in [-0.3, -0.25) is 4.79 Å². The molecule has 0 saturated carbocycles. The number of hydrogen-bond donors (Lipinski definition) is 1. The van der Waals surface area contributed by atoms with Crippen molar-refractivity contribution >= 4 is 16.8 Å². The largest absolute Gasteiger partial charge is 0.497 e. The van der Waals surface area contributed by atoms with E-state index in [1.54, 1.807) is 14.2 Å². The first-order valence-electron chi connectivity index (χ1n) is 10.5. The maximum atomic E-state index is 12.7. The molecule has 0 radical (unpaired) electrons. The molecule has 164 valence electrons. The molecular weight excluding hydrogens is 408 g/mol. The van der Waals surface area contributed by atoms with Crippen molar-refractivity contribution in [1.29, 1.82) is 0 Å². The van der Waals surface area contributed by atoms with Crippen LogP contribution in [0.2, 0.25) is 0 Å². The average Bonchev–Trinajstić information content (AvgIpc) is 3.54. The smallest absolute Gasteiger partial charge is 0.231 e. The van der Waals surface area contributed by atoms with Crippen LogP contribution in [-0.4, -0.2) is 46.7 Å². The van der Waals surface area contributed by atoms with Gasteiger partial charge in [-0.2, -0.15) is 4.98 Å². The van der Waals surface area contributed by atoms with Crippen LogP contribution in [0.1, 0.15) is 35.2 Å². The molecule has 1 fully saturated rings. The summed E-state index contributed by atoms with van der Waals surface area (Å²) in [6.45, 7) is 1.00. The van der Waals surface area contributed by atoms with Gasteiger partial charge < -0.3 is 23.9 Å². The number of carbonyl (C=O) groups excluding carboxylic acids is 1. The summed E-state index contributed by atoms with van der Waals surface area (Å²) in [5.74, 6) is 2.51. The number of nitrogens with one attached hydrogen (secondary N) is 1. The van der Waals surface area contributed by atoms with E-state index in [1.807, 2.05) is 47.5 Å². The molecule has 1 atom stereocenters. The minimum absolute atomic E-state index is 0.0656. The molecule has 5 rings (SSSR count). The van der Waals surface area contributed by atoms with Crippen molar-refractivity contribution < 1.29 is 18.8 Å². The van der Waals surface area contributed by atoms with Gasteiger partial charge in [0.2, 0.25) is 11.8 Å². The number of rotatable bonds is 7. The standard InChI is InChI=1S/C24H24N4O4/c1-30-18-8-7-15(21(11-18)31-2)13-28-14-17(10-23(28)29)24-26-22(32-27-24)9-16-12-25-20-6-4-3-5-19(16)20/h3-8,11-12,17,25H,9-10,13-14H2,1-2H3. The van der Waals surface area contributed by atoms with E-state index in [0.717, 1.165) is 22.0 Å². The Morgan fingerprint density at radius 2 is 2.03 bits per heavy atom. The van der Waals surface area contributed by atoms with E-state index >= 15 is 0 Å². The number of hydrogen-bond acceptors (Lipinski definition) is 6. The highest BCUT2D eigenvalue weighted by Gasteiger charge is 2.34. The van der Waals surface area contributed by atoms with Crippen molar-refractivity contribution in [3.63, 3.8) is 0 Å². The third-order valence-electron chi connectivity index (χ3n) is 5.94. The van der Waals surface area contributed by atoms with Gasteiger partial charge in [-0.25, -0.2) is 0 Å². The lowest BCUT2D eigenvalue weighted by Gasteiger charge is -2.18. The van der Waals surface area contributed by atoms with Crippen LogP contribution in [-0.2, 0) is 17.8 Å². The highest BCUT2D eigenvalue weighted by atomic mass is 16.5. The van der Waals surface area contributed by atoms with Gasteiger partial charge in [-0.05, 0) is 23.8 Å². The van der Waals surface area contributed by atoms with Gasteiger partial charge in [0.1, 0.15) is 11.5 Å². The number of carbonyl (C=O) groups is 1. The summed E-state index contributed by atoms with van der Waals surface area (Å²) in [4.78, 5) is 22.3. The highest BCUT2D eigenvalue weighted by Crippen LogP contribution is 2.31. The number of ether oxygens (including phenoxy) is 2. The van der Waals surface area contributed by atoms with E-state index in [4.69, 9.17) is 14.0 Å². The quantitative estimate of drug-likeness (QED) is 0.479. The molecule has 1 aliphatic heterocycles. The van der Waals surface area contributed by atoms with Gasteiger partial charge in [-0.1, -0.05) is 23.4 Å². The number of likely N-dealkylation sites (tertiary alicyclic amines) is 1. The molecule has 2 aromatic carbocycles. The van der Waals surface area contributed by atoms with Gasteiger partial charge in [0.05, 0.1) is 20.6 Å². The minimum atomic E-state index is -0.0905. The maximum absolute atomic E-state index is 12.7. The van der Waals surface area contributed by atoms with Crippen molar-refractivity contribution in [2.45, 2.75) is 25.3 Å². The molecule has 1 N–H and O–H groups in total. The number of H-pyrrole nitrogens is 1. The van der Waals surface area contributed by atoms with Gasteiger partial charge >= 0.3 is 0 Å². The van der Waals surface area contributed by atoms with Crippen LogP contribution in [0, 0.1) is 0 Å². The Labute approximate surface area is 185 Å². The zero-order valence-corrected chi connectivity index (χ0v) is 18.0. The molecule has 4 aromatic rings. The summed E-state index contributed by atoms with van der Waals surface area (Å²) in [5, 5.41) is 5.32. The van der Waals surface area contributed by atoms with Gasteiger partial charge in [0.15, 0.2) is 5.82 Å². The normalized spacial score (nSPS) is 16.1. The van der Waals surface area contributed by atoms with Gasteiger partial charge in [0.25, 0.3) is 0 Å². The lowest BCUT2D eigenvalue weighted by Crippen LogP contribution is -2.24. The molecule has 8 heteroatoms. The molecular formula is C24H24N4O4. The number of nitrogens with zero attached hydrogens (tertiary/aromatic N) is 3. The minimum Gasteiger partial charge on any atom is -0.497 e. The van der Waals surface area contributed by atoms with Crippen molar-refractivity contribution in [3.05, 3.63) is 71.5 Å². The predicted molar refractivity (Wildman–Crippen MR) is 118 cm³/mol. The van der Waals surface area contributed by atoms with Crippen LogP contribution >= 0.6 is 0 Å². The van der Waals surface area contributed by atoms with Gasteiger partial charge in [-0.15, -0.1) is 0 Å². The number of amides is 1. The Bertz CT molecular complexity index is 1260. The second kappa shape index (κ2) is 8.37. The van der Waals surface area contributed by atoms with E-state index in [-0.39, 0.29) is 11.8 Å². The van der Waals surface area contributed by atoms with Crippen molar-refractivity contribution in [1.82, 2.24) is 20.0 Å². The molecule has 1 aliphatic rings. The van der Waals surface area contributed by atoms with E-state index in [2.05, 4.69) is 21.2 Å². The van der Waals surface area contributed by atoms with Crippen LogP contribution < -0.4 is 9.47 Å². The first kappa shape index (κ1) is 20.1. The lowest BCUT2D eigenvalue weighted by molar-refractivity contribution is -0.128. The van der Waals surface area contributed by atoms with E-state index in [1.165, 1.54) is 0 Å². The first-order chi connectivity index (χ1) is 15.6. The molecule has 2 aromatic heterocycles. The summed E-state index contributed by atoms with van der Waals surface area (Å²) in [6, 6.07) is 13.7. The van der Waals surface area contributed by atoms with Gasteiger partial charge in [0, 0.05) is 54.2 Å². The zero-order chi connectivity index (χ0) is 22.1. The summed E-state index contributed by atoms with van der Waals surface area (Å²) in [6.07, 6.45) is 2.88. The second-order valence-electron chi connectivity index (χ2n) is 7.94. The van der Waals surface area contributed by atoms with Crippen molar-refractivity contribution in [2.24, 2.45) is 0 Å². The topological polar surface area (TPSA) is 93.5 Å². The Balaban J connectivity index is 1.28. The summed E-state index contributed by atoms with van der Waals surface area (Å²) >= 11 is 0. The van der Waals surface area contributed by atoms with Crippen LogP contribution in [0.15, 0.2) is 53.2 Å². The number of para-hydroxylation sites is 1. The summed E-state index contributed by atoms with van der Waals surface area (Å²) in [7, 11) is 3.22. The monoisotopic (exact) mass is 432 g/mol.